The van der Waals surface area contributed by atoms with E-state index in [2.05, 4.69) is 128 Å². The van der Waals surface area contributed by atoms with Gasteiger partial charge < -0.3 is 7.58 Å². The summed E-state index contributed by atoms with van der Waals surface area (Å²) in [5, 5.41) is 1.00. The van der Waals surface area contributed by atoms with Crippen molar-refractivity contribution in [3.63, 3.8) is 0 Å². The van der Waals surface area contributed by atoms with Crippen LogP contribution in [0.4, 0.5) is 0 Å². The van der Waals surface area contributed by atoms with Gasteiger partial charge >= 0.3 is 14.8 Å². The lowest BCUT2D eigenvalue weighted by Gasteiger charge is -2.34. The van der Waals surface area contributed by atoms with Gasteiger partial charge in [0.1, 0.15) is 0 Å². The van der Waals surface area contributed by atoms with Crippen LogP contribution in [0.2, 0.25) is 5.28 Å². The molecule has 0 aliphatic heterocycles. The molecular formula is C36H59AlO2. The number of aryl methyl sites for hydroxylation is 2. The van der Waals surface area contributed by atoms with E-state index in [1.54, 1.807) is 0 Å². The molecule has 0 heterocycles. The number of hydrogen-bond donors (Lipinski definition) is 0. The molecule has 0 spiro atoms. The van der Waals surface area contributed by atoms with Crippen LogP contribution in [0.15, 0.2) is 24.3 Å². The Morgan fingerprint density at radius 3 is 1.08 bits per heavy atom. The van der Waals surface area contributed by atoms with Gasteiger partial charge in [0.2, 0.25) is 0 Å². The molecule has 3 heteroatoms. The van der Waals surface area contributed by atoms with E-state index in [9.17, 15) is 0 Å². The van der Waals surface area contributed by atoms with Crippen molar-refractivity contribution in [1.82, 2.24) is 0 Å². The number of hydrogen-bond acceptors (Lipinski definition) is 2. The molecule has 0 radical (unpaired) electrons. The van der Waals surface area contributed by atoms with Crippen molar-refractivity contribution in [3.05, 3.63) is 57.6 Å². The Balaban J connectivity index is 2.76. The summed E-state index contributed by atoms with van der Waals surface area (Å²) in [4.78, 5) is 0. The summed E-state index contributed by atoms with van der Waals surface area (Å²) >= 11 is -2.16. The zero-order chi connectivity index (χ0) is 30.0. The monoisotopic (exact) mass is 550 g/mol. The van der Waals surface area contributed by atoms with Crippen molar-refractivity contribution in [1.29, 1.82) is 0 Å². The fraction of sp³-hybridized carbons (Fsp3) is 0.667. The fourth-order valence-corrected chi connectivity index (χ4v) is 7.11. The Kier molecular flexibility index (Phi) is 10.9. The number of benzene rings is 2. The molecule has 0 amide bonds. The molecule has 39 heavy (non-hydrogen) atoms. The summed E-state index contributed by atoms with van der Waals surface area (Å²) < 4.78 is 14.5. The minimum absolute atomic E-state index is 0.0283. The molecule has 0 fully saturated rings. The molecule has 2 aromatic rings. The molecule has 0 saturated heterocycles. The summed E-state index contributed by atoms with van der Waals surface area (Å²) in [5.41, 5.74) is 7.64. The number of unbranched alkanes of at least 4 members (excludes halogenated alkanes) is 3. The first-order valence-electron chi connectivity index (χ1n) is 15.3. The van der Waals surface area contributed by atoms with Gasteiger partial charge in [0.05, 0.1) is 11.5 Å². The highest BCUT2D eigenvalue weighted by molar-refractivity contribution is 6.46. The maximum atomic E-state index is 7.25. The smallest absolute Gasteiger partial charge is 0.611 e. The third-order valence-electron chi connectivity index (χ3n) is 7.49. The van der Waals surface area contributed by atoms with E-state index in [1.807, 2.05) is 0 Å². The first-order valence-corrected chi connectivity index (χ1v) is 17.1. The summed E-state index contributed by atoms with van der Waals surface area (Å²) in [5.74, 6) is 2.13. The van der Waals surface area contributed by atoms with E-state index in [-0.39, 0.29) is 21.7 Å². The lowest BCUT2D eigenvalue weighted by Crippen LogP contribution is -2.34. The first-order chi connectivity index (χ1) is 17.7. The van der Waals surface area contributed by atoms with Crippen molar-refractivity contribution in [2.75, 3.05) is 0 Å². The minimum Gasteiger partial charge on any atom is -0.611 e. The molecule has 0 aromatic heterocycles. The summed E-state index contributed by atoms with van der Waals surface area (Å²) in [7, 11) is 0. The van der Waals surface area contributed by atoms with Gasteiger partial charge in [-0.2, -0.15) is 0 Å². The van der Waals surface area contributed by atoms with Crippen LogP contribution >= 0.6 is 0 Å². The van der Waals surface area contributed by atoms with Gasteiger partial charge in [0.15, 0.2) is 0 Å². The molecule has 2 aromatic carbocycles. The molecule has 0 aliphatic rings. The van der Waals surface area contributed by atoms with Gasteiger partial charge in [0, 0.05) is 0 Å². The highest BCUT2D eigenvalue weighted by Gasteiger charge is 2.39. The summed E-state index contributed by atoms with van der Waals surface area (Å²) in [6.07, 6.45) is 4.87. The summed E-state index contributed by atoms with van der Waals surface area (Å²) in [6.45, 7) is 34.3. The second-order valence-electron chi connectivity index (χ2n) is 15.9. The highest BCUT2D eigenvalue weighted by Crippen LogP contribution is 2.44. The standard InChI is InChI=1S/2C15H24O.C6H13.Al/c2*1-10-8-11(14(2,3)4)13(16)12(9-10)15(5,6)7;1-3-5-6-4-2;/h2*8-9,16H,1-7H3;1,3-6H2,2H3;/q;;;+2/p-2. The van der Waals surface area contributed by atoms with Crippen LogP contribution in [0, 0.1) is 13.8 Å². The molecule has 0 saturated carbocycles. The maximum Gasteiger partial charge on any atom is 0.856 e. The molecule has 2 rings (SSSR count). The quantitative estimate of drug-likeness (QED) is 0.228. The Labute approximate surface area is 247 Å². The molecular weight excluding hydrogens is 491 g/mol. The predicted octanol–water partition coefficient (Wildman–Crippen LogP) is 11.0. The van der Waals surface area contributed by atoms with Crippen LogP contribution in [0.1, 0.15) is 149 Å². The van der Waals surface area contributed by atoms with Crippen molar-refractivity contribution in [2.45, 2.75) is 156 Å². The van der Waals surface area contributed by atoms with Gasteiger partial charge in [-0.05, 0) is 63.0 Å². The SMILES string of the molecule is CCCCC[CH2][Al]([O]c1c(C(C)(C)C)cc(C)cc1C(C)(C)C)[O]c1c(C(C)(C)C)cc(C)cc1C(C)(C)C. The van der Waals surface area contributed by atoms with Gasteiger partial charge in [-0.3, -0.25) is 0 Å². The highest BCUT2D eigenvalue weighted by atomic mass is 27.2. The van der Waals surface area contributed by atoms with E-state index in [1.165, 1.54) is 52.6 Å². The van der Waals surface area contributed by atoms with Crippen LogP contribution in [0.5, 0.6) is 11.5 Å². The van der Waals surface area contributed by atoms with Gasteiger partial charge in [-0.1, -0.05) is 151 Å². The fourth-order valence-electron chi connectivity index (χ4n) is 5.17. The van der Waals surface area contributed by atoms with Crippen molar-refractivity contribution >= 4 is 14.8 Å². The zero-order valence-corrected chi connectivity index (χ0v) is 29.4. The van der Waals surface area contributed by atoms with Crippen LogP contribution in [0.25, 0.3) is 0 Å². The Hall–Kier alpha value is -1.43. The Morgan fingerprint density at radius 2 is 0.821 bits per heavy atom. The van der Waals surface area contributed by atoms with Crippen LogP contribution in [-0.2, 0) is 21.7 Å². The topological polar surface area (TPSA) is 18.5 Å². The molecule has 2 nitrogen and oxygen atoms in total. The normalized spacial score (nSPS) is 13.0. The van der Waals surface area contributed by atoms with E-state index < -0.39 is 14.8 Å². The van der Waals surface area contributed by atoms with E-state index in [4.69, 9.17) is 7.58 Å². The van der Waals surface area contributed by atoms with Crippen molar-refractivity contribution < 1.29 is 7.58 Å². The second-order valence-corrected chi connectivity index (χ2v) is 17.8. The van der Waals surface area contributed by atoms with E-state index in [0.717, 1.165) is 23.2 Å². The third kappa shape index (κ3) is 9.30. The molecule has 0 unspecified atom stereocenters. The molecule has 0 N–H and O–H groups in total. The van der Waals surface area contributed by atoms with Crippen LogP contribution < -0.4 is 7.58 Å². The van der Waals surface area contributed by atoms with Crippen molar-refractivity contribution in [3.8, 4) is 11.5 Å². The molecule has 0 aliphatic carbocycles. The maximum absolute atomic E-state index is 7.25. The largest absolute Gasteiger partial charge is 0.856 e. The summed E-state index contributed by atoms with van der Waals surface area (Å²) in [6, 6.07) is 9.33. The molecule has 0 bridgehead atoms. The van der Waals surface area contributed by atoms with Crippen LogP contribution in [-0.4, -0.2) is 14.8 Å². The first kappa shape index (κ1) is 33.8. The lowest BCUT2D eigenvalue weighted by molar-refractivity contribution is 0.383. The van der Waals surface area contributed by atoms with Gasteiger partial charge in [-0.15, -0.1) is 0 Å². The Bertz CT molecular complexity index is 947. The predicted molar refractivity (Wildman–Crippen MR) is 173 cm³/mol. The van der Waals surface area contributed by atoms with E-state index >= 15 is 0 Å². The lowest BCUT2D eigenvalue weighted by atomic mass is 9.78. The van der Waals surface area contributed by atoms with Crippen molar-refractivity contribution in [2.24, 2.45) is 0 Å². The van der Waals surface area contributed by atoms with Gasteiger partial charge in [-0.25, -0.2) is 0 Å². The van der Waals surface area contributed by atoms with Gasteiger partial charge in [0.25, 0.3) is 0 Å². The molecule has 0 atom stereocenters. The zero-order valence-electron chi connectivity index (χ0n) is 28.2. The van der Waals surface area contributed by atoms with Crippen LogP contribution in [0.3, 0.4) is 0 Å². The third-order valence-corrected chi connectivity index (χ3v) is 9.37. The van der Waals surface area contributed by atoms with E-state index in [0.29, 0.717) is 0 Å². The number of rotatable bonds is 9. The average molecular weight is 551 g/mol. The molecule has 218 valence electrons. The second kappa shape index (κ2) is 12.6. The average Bonchev–Trinajstić information content (AvgIpc) is 2.75. The Morgan fingerprint density at radius 1 is 0.513 bits per heavy atom. The minimum atomic E-state index is -2.16.